The van der Waals surface area contributed by atoms with Crippen LogP contribution in [0, 0.1) is 0 Å². The van der Waals surface area contributed by atoms with Crippen molar-refractivity contribution in [2.24, 2.45) is 4.99 Å². The molecule has 0 saturated carbocycles. The van der Waals surface area contributed by atoms with Crippen molar-refractivity contribution in [3.05, 3.63) is 59.8 Å². The van der Waals surface area contributed by atoms with Gasteiger partial charge < -0.3 is 0 Å². The lowest BCUT2D eigenvalue weighted by molar-refractivity contribution is -0.118. The maximum absolute atomic E-state index is 13.0. The highest BCUT2D eigenvalue weighted by Gasteiger charge is 2.39. The first kappa shape index (κ1) is 16.1. The summed E-state index contributed by atoms with van der Waals surface area (Å²) in [5.41, 5.74) is 1.22. The summed E-state index contributed by atoms with van der Waals surface area (Å²) < 4.78 is 0. The minimum absolute atomic E-state index is 0.130. The molecule has 2 atom stereocenters. The highest BCUT2D eigenvalue weighted by Crippen LogP contribution is 2.31. The average molecular weight is 321 g/mol. The summed E-state index contributed by atoms with van der Waals surface area (Å²) in [5, 5.41) is 0. The molecule has 1 aromatic carbocycles. The molecule has 5 nitrogen and oxygen atoms in total. The van der Waals surface area contributed by atoms with Gasteiger partial charge in [-0.2, -0.15) is 0 Å². The van der Waals surface area contributed by atoms with Crippen LogP contribution in [0.2, 0.25) is 0 Å². The van der Waals surface area contributed by atoms with Crippen molar-refractivity contribution in [3.63, 3.8) is 0 Å². The normalized spacial score (nSPS) is 18.8. The molecule has 2 aromatic rings. The fourth-order valence-corrected chi connectivity index (χ4v) is 2.64. The number of fused-ring (bicyclic) bond motifs is 1. The maximum Gasteiger partial charge on any atom is 0.266 e. The molecule has 122 valence electrons. The smallest absolute Gasteiger partial charge is 0.266 e. The monoisotopic (exact) mass is 321 g/mol. The van der Waals surface area contributed by atoms with Gasteiger partial charge in [0, 0.05) is 24.0 Å². The Hall–Kier alpha value is -2.82. The Bertz CT molecular complexity index is 786. The summed E-state index contributed by atoms with van der Waals surface area (Å²) in [6, 6.07) is 12.5. The number of hydrogen-bond acceptors (Lipinski definition) is 4. The Kier molecular flexibility index (Phi) is 4.51. The van der Waals surface area contributed by atoms with Gasteiger partial charge in [0.1, 0.15) is 5.82 Å². The summed E-state index contributed by atoms with van der Waals surface area (Å²) in [6.07, 6.45) is 4.12. The first-order valence-electron chi connectivity index (χ1n) is 8.05. The zero-order valence-corrected chi connectivity index (χ0v) is 13.7. The summed E-state index contributed by atoms with van der Waals surface area (Å²) in [5.74, 6) is -0.897. The largest absolute Gasteiger partial charge is 0.293 e. The fraction of sp³-hybridized carbons (Fsp3) is 0.263. The topological polar surface area (TPSA) is 62.6 Å². The molecule has 1 aromatic heterocycles. The van der Waals surface area contributed by atoms with Gasteiger partial charge in [-0.3, -0.25) is 14.6 Å². The van der Waals surface area contributed by atoms with Crippen LogP contribution in [0.1, 0.15) is 42.1 Å². The lowest BCUT2D eigenvalue weighted by Crippen LogP contribution is -2.46. The van der Waals surface area contributed by atoms with Crippen molar-refractivity contribution in [2.75, 3.05) is 4.90 Å². The van der Waals surface area contributed by atoms with Crippen LogP contribution in [0.25, 0.3) is 0 Å². The van der Waals surface area contributed by atoms with Crippen molar-refractivity contribution in [1.29, 1.82) is 0 Å². The summed E-state index contributed by atoms with van der Waals surface area (Å²) >= 11 is 0. The van der Waals surface area contributed by atoms with E-state index in [9.17, 15) is 9.59 Å². The number of benzene rings is 1. The second-order valence-electron chi connectivity index (χ2n) is 5.79. The molecule has 0 bridgehead atoms. The highest BCUT2D eigenvalue weighted by atomic mass is 16.2. The summed E-state index contributed by atoms with van der Waals surface area (Å²) in [7, 11) is 0. The number of anilines is 1. The molecular weight excluding hydrogens is 302 g/mol. The number of imide groups is 1. The van der Waals surface area contributed by atoms with E-state index in [4.69, 9.17) is 0 Å². The van der Waals surface area contributed by atoms with E-state index in [0.717, 1.165) is 11.3 Å². The maximum atomic E-state index is 13.0. The molecular formula is C19H19N3O2. The number of amides is 2. The van der Waals surface area contributed by atoms with Crippen LogP contribution in [0.3, 0.4) is 0 Å². The Morgan fingerprint density at radius 2 is 1.96 bits per heavy atom. The molecule has 0 aliphatic carbocycles. The molecule has 0 N–H and O–H groups in total. The van der Waals surface area contributed by atoms with Gasteiger partial charge in [-0.25, -0.2) is 9.88 Å². The Labute approximate surface area is 141 Å². The molecule has 3 rings (SSSR count). The van der Waals surface area contributed by atoms with Crippen molar-refractivity contribution in [1.82, 2.24) is 4.98 Å². The minimum atomic E-state index is -0.574. The van der Waals surface area contributed by atoms with E-state index in [-0.39, 0.29) is 17.9 Å². The van der Waals surface area contributed by atoms with Crippen molar-refractivity contribution in [2.45, 2.75) is 32.2 Å². The second-order valence-corrected chi connectivity index (χ2v) is 5.79. The van der Waals surface area contributed by atoms with Crippen LogP contribution in [-0.4, -0.2) is 29.1 Å². The van der Waals surface area contributed by atoms with Gasteiger partial charge in [0.2, 0.25) is 5.91 Å². The van der Waals surface area contributed by atoms with Gasteiger partial charge in [-0.15, -0.1) is 0 Å². The SMILES string of the molecule is CC[C@H](C)N=CC1C(=O)N(c2ccccn2)C(=O)c2ccccc21. The summed E-state index contributed by atoms with van der Waals surface area (Å²) in [6.45, 7) is 4.04. The van der Waals surface area contributed by atoms with Crippen LogP contribution in [0.4, 0.5) is 5.82 Å². The zero-order valence-electron chi connectivity index (χ0n) is 13.7. The third kappa shape index (κ3) is 2.85. The average Bonchev–Trinajstić information content (AvgIpc) is 2.62. The van der Waals surface area contributed by atoms with Gasteiger partial charge in [-0.1, -0.05) is 31.2 Å². The lowest BCUT2D eigenvalue weighted by Gasteiger charge is -2.30. The van der Waals surface area contributed by atoms with Gasteiger partial charge in [0.05, 0.1) is 5.92 Å². The van der Waals surface area contributed by atoms with Crippen molar-refractivity contribution >= 4 is 23.8 Å². The molecule has 0 spiro atoms. The van der Waals surface area contributed by atoms with E-state index in [1.165, 1.54) is 0 Å². The zero-order chi connectivity index (χ0) is 17.1. The molecule has 2 heterocycles. The van der Waals surface area contributed by atoms with Gasteiger partial charge in [0.25, 0.3) is 5.91 Å². The number of carbonyl (C=O) groups excluding carboxylic acids is 2. The standard InChI is InChI=1S/C19H19N3O2/c1-3-13(2)21-12-16-14-8-4-5-9-15(14)18(23)22(19(16)24)17-10-6-7-11-20-17/h4-13,16H,3H2,1-2H3/t13-,16?/m0/s1. The van der Waals surface area contributed by atoms with E-state index in [0.29, 0.717) is 16.9 Å². The molecule has 2 amide bonds. The van der Waals surface area contributed by atoms with Crippen molar-refractivity contribution < 1.29 is 9.59 Å². The number of aromatic nitrogens is 1. The minimum Gasteiger partial charge on any atom is -0.293 e. The summed E-state index contributed by atoms with van der Waals surface area (Å²) in [4.78, 5) is 35.5. The number of carbonyl (C=O) groups is 2. The number of rotatable bonds is 4. The third-order valence-electron chi connectivity index (χ3n) is 4.17. The molecule has 1 aliphatic rings. The van der Waals surface area contributed by atoms with Crippen LogP contribution < -0.4 is 4.90 Å². The first-order valence-corrected chi connectivity index (χ1v) is 8.05. The number of nitrogens with zero attached hydrogens (tertiary/aromatic N) is 3. The van der Waals surface area contributed by atoms with Crippen LogP contribution in [0.5, 0.6) is 0 Å². The quantitative estimate of drug-likeness (QED) is 0.641. The predicted molar refractivity (Wildman–Crippen MR) is 93.5 cm³/mol. The lowest BCUT2D eigenvalue weighted by atomic mass is 9.89. The predicted octanol–water partition coefficient (Wildman–Crippen LogP) is 3.22. The van der Waals surface area contributed by atoms with Crippen LogP contribution >= 0.6 is 0 Å². The van der Waals surface area contributed by atoms with Gasteiger partial charge >= 0.3 is 0 Å². The number of pyridine rings is 1. The van der Waals surface area contributed by atoms with E-state index >= 15 is 0 Å². The van der Waals surface area contributed by atoms with Crippen LogP contribution in [0.15, 0.2) is 53.7 Å². The Balaban J connectivity index is 2.08. The fourth-order valence-electron chi connectivity index (χ4n) is 2.64. The molecule has 0 radical (unpaired) electrons. The highest BCUT2D eigenvalue weighted by molar-refractivity contribution is 6.28. The third-order valence-corrected chi connectivity index (χ3v) is 4.17. The first-order chi connectivity index (χ1) is 11.6. The van der Waals surface area contributed by atoms with E-state index in [1.54, 1.807) is 42.7 Å². The van der Waals surface area contributed by atoms with E-state index < -0.39 is 5.92 Å². The molecule has 0 saturated heterocycles. The van der Waals surface area contributed by atoms with Gasteiger partial charge in [0.15, 0.2) is 0 Å². The molecule has 1 aliphatic heterocycles. The molecule has 1 unspecified atom stereocenters. The molecule has 5 heteroatoms. The Morgan fingerprint density at radius 3 is 2.67 bits per heavy atom. The van der Waals surface area contributed by atoms with Crippen LogP contribution in [-0.2, 0) is 4.79 Å². The van der Waals surface area contributed by atoms with Gasteiger partial charge in [-0.05, 0) is 37.1 Å². The Morgan fingerprint density at radius 1 is 1.21 bits per heavy atom. The van der Waals surface area contributed by atoms with E-state index in [2.05, 4.69) is 9.98 Å². The number of aliphatic imine (C=N–C) groups is 1. The second kappa shape index (κ2) is 6.74. The van der Waals surface area contributed by atoms with Crippen molar-refractivity contribution in [3.8, 4) is 0 Å². The molecule has 0 fully saturated rings. The molecule has 24 heavy (non-hydrogen) atoms. The van der Waals surface area contributed by atoms with E-state index in [1.807, 2.05) is 26.0 Å². The number of hydrogen-bond donors (Lipinski definition) is 0.